The van der Waals surface area contributed by atoms with Gasteiger partial charge in [0.25, 0.3) is 0 Å². The highest BCUT2D eigenvalue weighted by Gasteiger charge is 2.34. The average molecular weight is 558 g/mol. The van der Waals surface area contributed by atoms with Crippen LogP contribution in [-0.4, -0.2) is 49.1 Å². The molecule has 2 amide bonds. The first-order valence-corrected chi connectivity index (χ1v) is 11.1. The number of anilines is 2. The third-order valence-corrected chi connectivity index (χ3v) is 6.42. The molecule has 0 atom stereocenters. The lowest BCUT2D eigenvalue weighted by Crippen LogP contribution is -2.44. The molecule has 1 aliphatic heterocycles. The minimum Gasteiger partial charge on any atom is -0.462 e. The molecule has 4 rings (SSSR count). The number of piperazine rings is 1. The fraction of sp³-hybridized carbons (Fsp3) is 0.318. The molecule has 2 aromatic carbocycles. The number of urea groups is 1. The van der Waals surface area contributed by atoms with Crippen LogP contribution in [0.4, 0.5) is 29.3 Å². The Balaban J connectivity index is 1.50. The van der Waals surface area contributed by atoms with Crippen molar-refractivity contribution in [3.05, 3.63) is 57.4 Å². The van der Waals surface area contributed by atoms with Gasteiger partial charge in [-0.25, -0.2) is 4.79 Å². The first kappa shape index (κ1) is 22.9. The first-order chi connectivity index (χ1) is 15.2. The van der Waals surface area contributed by atoms with Crippen molar-refractivity contribution in [1.82, 2.24) is 9.80 Å². The molecular formula is C22H22F3IN4O2. The van der Waals surface area contributed by atoms with Crippen LogP contribution in [-0.2, 0) is 12.7 Å². The number of carbonyl (C=O) groups is 1. The minimum atomic E-state index is -4.52. The molecule has 0 saturated carbocycles. The van der Waals surface area contributed by atoms with Gasteiger partial charge in [0.1, 0.15) is 0 Å². The molecule has 32 heavy (non-hydrogen) atoms. The van der Waals surface area contributed by atoms with Gasteiger partial charge in [0.15, 0.2) is 5.58 Å². The summed E-state index contributed by atoms with van der Waals surface area (Å²) in [4.78, 5) is 16.6. The Morgan fingerprint density at radius 1 is 1.09 bits per heavy atom. The van der Waals surface area contributed by atoms with Crippen molar-refractivity contribution in [2.75, 3.05) is 43.9 Å². The van der Waals surface area contributed by atoms with E-state index in [9.17, 15) is 18.0 Å². The molecule has 0 unspecified atom stereocenters. The molecule has 0 bridgehead atoms. The lowest BCUT2D eigenvalue weighted by Gasteiger charge is -2.33. The Morgan fingerprint density at radius 3 is 2.56 bits per heavy atom. The average Bonchev–Trinajstić information content (AvgIpc) is 3.23. The van der Waals surface area contributed by atoms with E-state index in [-0.39, 0.29) is 17.8 Å². The van der Waals surface area contributed by atoms with Gasteiger partial charge in [-0.05, 0) is 65.5 Å². The van der Waals surface area contributed by atoms with Gasteiger partial charge in [-0.15, -0.1) is 0 Å². The van der Waals surface area contributed by atoms with Crippen LogP contribution >= 0.6 is 22.6 Å². The second-order valence-electron chi connectivity index (χ2n) is 7.79. The molecule has 2 heterocycles. The number of amides is 2. The molecule has 0 radical (unpaired) electrons. The van der Waals surface area contributed by atoms with Crippen molar-refractivity contribution in [2.24, 2.45) is 0 Å². The molecule has 3 aromatic rings. The number of hydrogen-bond acceptors (Lipinski definition) is 4. The molecular weight excluding hydrogens is 536 g/mol. The van der Waals surface area contributed by atoms with E-state index in [2.05, 4.69) is 38.1 Å². The number of likely N-dealkylation sites (N-methyl/N-ethyl adjacent to an activating group) is 1. The molecule has 0 spiro atoms. The molecule has 10 heteroatoms. The summed E-state index contributed by atoms with van der Waals surface area (Å²) in [6, 6.07) is 8.57. The predicted octanol–water partition coefficient (Wildman–Crippen LogP) is 5.45. The summed E-state index contributed by atoms with van der Waals surface area (Å²) in [5, 5.41) is 5.99. The molecule has 2 N–H and O–H groups in total. The van der Waals surface area contributed by atoms with Crippen LogP contribution in [0.1, 0.15) is 11.1 Å². The fourth-order valence-corrected chi connectivity index (χ4v) is 4.32. The minimum absolute atomic E-state index is 0.0677. The summed E-state index contributed by atoms with van der Waals surface area (Å²) in [5.41, 5.74) is 0.467. The van der Waals surface area contributed by atoms with Crippen molar-refractivity contribution in [2.45, 2.75) is 12.7 Å². The second kappa shape index (κ2) is 9.28. The zero-order valence-corrected chi connectivity index (χ0v) is 19.5. The highest BCUT2D eigenvalue weighted by atomic mass is 127. The fourth-order valence-electron chi connectivity index (χ4n) is 3.71. The molecule has 1 fully saturated rings. The van der Waals surface area contributed by atoms with Crippen molar-refractivity contribution in [3.8, 4) is 0 Å². The number of rotatable bonds is 4. The largest absolute Gasteiger partial charge is 0.462 e. The number of furan rings is 1. The maximum Gasteiger partial charge on any atom is 0.416 e. The third-order valence-electron chi connectivity index (χ3n) is 5.47. The zero-order chi connectivity index (χ0) is 22.9. The monoisotopic (exact) mass is 558 g/mol. The predicted molar refractivity (Wildman–Crippen MR) is 126 cm³/mol. The van der Waals surface area contributed by atoms with Gasteiger partial charge >= 0.3 is 12.2 Å². The Kier molecular flexibility index (Phi) is 6.63. The highest BCUT2D eigenvalue weighted by Crippen LogP contribution is 2.35. The van der Waals surface area contributed by atoms with E-state index in [4.69, 9.17) is 4.42 Å². The number of fused-ring (bicyclic) bond motifs is 1. The van der Waals surface area contributed by atoms with E-state index in [1.807, 2.05) is 18.0 Å². The second-order valence-corrected chi connectivity index (χ2v) is 8.95. The van der Waals surface area contributed by atoms with Gasteiger partial charge in [-0.2, -0.15) is 13.2 Å². The third kappa shape index (κ3) is 5.18. The van der Waals surface area contributed by atoms with E-state index in [0.29, 0.717) is 24.4 Å². The first-order valence-electron chi connectivity index (χ1n) is 10.1. The standard InChI is InChI=1S/C22H22F3IN4O2/c1-29-7-9-30(10-8-29)13-14-2-3-15(12-17(14)22(23,24)25)27-21(31)28-19-5-4-18(26)16-6-11-32-20(16)19/h2-6,11-12H,7-10,13H2,1H3,(H2,27,28,31). The number of halogens is 4. The lowest BCUT2D eigenvalue weighted by molar-refractivity contribution is -0.138. The SMILES string of the molecule is CN1CCN(Cc2ccc(NC(=O)Nc3ccc(I)c4ccoc34)cc2C(F)(F)F)CC1. The normalized spacial score (nSPS) is 15.8. The van der Waals surface area contributed by atoms with Gasteiger partial charge in [-0.3, -0.25) is 4.90 Å². The van der Waals surface area contributed by atoms with Crippen molar-refractivity contribution in [3.63, 3.8) is 0 Å². The Hall–Kier alpha value is -2.31. The van der Waals surface area contributed by atoms with Crippen molar-refractivity contribution < 1.29 is 22.4 Å². The molecule has 6 nitrogen and oxygen atoms in total. The van der Waals surface area contributed by atoms with E-state index in [1.54, 1.807) is 12.1 Å². The summed E-state index contributed by atoms with van der Waals surface area (Å²) >= 11 is 2.16. The van der Waals surface area contributed by atoms with Crippen molar-refractivity contribution >= 4 is 51.0 Å². The van der Waals surface area contributed by atoms with Gasteiger partial charge < -0.3 is 20.0 Å². The number of nitrogens with one attached hydrogen (secondary N) is 2. The van der Waals surface area contributed by atoms with Crippen LogP contribution < -0.4 is 10.6 Å². The van der Waals surface area contributed by atoms with E-state index >= 15 is 0 Å². The summed E-state index contributed by atoms with van der Waals surface area (Å²) < 4.78 is 47.6. The quantitative estimate of drug-likeness (QED) is 0.419. The Morgan fingerprint density at radius 2 is 1.84 bits per heavy atom. The van der Waals surface area contributed by atoms with Gasteiger partial charge in [0, 0.05) is 47.4 Å². The van der Waals surface area contributed by atoms with E-state index < -0.39 is 17.8 Å². The van der Waals surface area contributed by atoms with Gasteiger partial charge in [-0.1, -0.05) is 6.07 Å². The van der Waals surface area contributed by atoms with Gasteiger partial charge in [0.05, 0.1) is 17.5 Å². The van der Waals surface area contributed by atoms with E-state index in [1.165, 1.54) is 18.4 Å². The maximum absolute atomic E-state index is 13.7. The molecule has 1 saturated heterocycles. The molecule has 1 aromatic heterocycles. The summed E-state index contributed by atoms with van der Waals surface area (Å²) in [5.74, 6) is 0. The van der Waals surface area contributed by atoms with E-state index in [0.717, 1.165) is 28.1 Å². The molecule has 0 aliphatic carbocycles. The van der Waals surface area contributed by atoms with Crippen molar-refractivity contribution in [1.29, 1.82) is 0 Å². The number of alkyl halides is 3. The summed E-state index contributed by atoms with van der Waals surface area (Å²) in [6.45, 7) is 3.29. The summed E-state index contributed by atoms with van der Waals surface area (Å²) in [6.07, 6.45) is -3.00. The topological polar surface area (TPSA) is 60.8 Å². The maximum atomic E-state index is 13.7. The molecule has 1 aliphatic rings. The smallest absolute Gasteiger partial charge is 0.416 e. The van der Waals surface area contributed by atoms with Crippen LogP contribution in [0.15, 0.2) is 47.1 Å². The highest BCUT2D eigenvalue weighted by molar-refractivity contribution is 14.1. The zero-order valence-electron chi connectivity index (χ0n) is 17.3. The number of benzene rings is 2. The molecule has 170 valence electrons. The van der Waals surface area contributed by atoms with Crippen LogP contribution in [0.2, 0.25) is 0 Å². The summed E-state index contributed by atoms with van der Waals surface area (Å²) in [7, 11) is 2.00. The van der Waals surface area contributed by atoms with Crippen LogP contribution in [0.5, 0.6) is 0 Å². The Labute approximate surface area is 196 Å². The van der Waals surface area contributed by atoms with Crippen LogP contribution in [0.25, 0.3) is 11.0 Å². The van der Waals surface area contributed by atoms with Crippen LogP contribution in [0, 0.1) is 3.57 Å². The van der Waals surface area contributed by atoms with Gasteiger partial charge in [0.2, 0.25) is 0 Å². The number of carbonyl (C=O) groups excluding carboxylic acids is 1. The Bertz CT molecular complexity index is 1120. The number of nitrogens with zero attached hydrogens (tertiary/aromatic N) is 2. The number of hydrogen-bond donors (Lipinski definition) is 2. The van der Waals surface area contributed by atoms with Crippen LogP contribution in [0.3, 0.4) is 0 Å². The lowest BCUT2D eigenvalue weighted by atomic mass is 10.0.